The number of nitro benzene ring substituents is 1. The Morgan fingerprint density at radius 3 is 2.78 bits per heavy atom. The number of carbonyl (C=O) groups is 1. The predicted molar refractivity (Wildman–Crippen MR) is 90.3 cm³/mol. The van der Waals surface area contributed by atoms with E-state index in [0.29, 0.717) is 16.3 Å². The van der Waals surface area contributed by atoms with Crippen molar-refractivity contribution in [1.82, 2.24) is 4.98 Å². The van der Waals surface area contributed by atoms with Crippen LogP contribution in [-0.4, -0.2) is 22.7 Å². The van der Waals surface area contributed by atoms with Gasteiger partial charge in [0, 0.05) is 19.5 Å². The summed E-state index contributed by atoms with van der Waals surface area (Å²) in [5, 5.41) is 14.3. The largest absolute Gasteiger partial charge is 0.383 e. The predicted octanol–water partition coefficient (Wildman–Crippen LogP) is 3.67. The lowest BCUT2D eigenvalue weighted by Crippen LogP contribution is -2.04. The summed E-state index contributed by atoms with van der Waals surface area (Å²) < 4.78 is 0.951. The van der Waals surface area contributed by atoms with Crippen molar-refractivity contribution in [2.75, 3.05) is 12.4 Å². The van der Waals surface area contributed by atoms with Crippen molar-refractivity contribution >= 4 is 38.7 Å². The molecule has 0 aliphatic heterocycles. The maximum Gasteiger partial charge on any atom is 0.292 e. The maximum atomic E-state index is 12.4. The van der Waals surface area contributed by atoms with Crippen LogP contribution >= 0.6 is 11.3 Å². The molecule has 6 nitrogen and oxygen atoms in total. The van der Waals surface area contributed by atoms with Gasteiger partial charge in [0.25, 0.3) is 5.69 Å². The number of thiazole rings is 1. The van der Waals surface area contributed by atoms with E-state index >= 15 is 0 Å². The second-order valence-corrected chi connectivity index (χ2v) is 5.98. The number of hydrogen-bond donors (Lipinski definition) is 1. The summed E-state index contributed by atoms with van der Waals surface area (Å²) in [6.45, 7) is 0. The number of nitro groups is 1. The SMILES string of the molecule is CNc1ccc(CC(=O)c2nc3ccccc3s2)cc1[N+](=O)[O-]. The fourth-order valence-electron chi connectivity index (χ4n) is 2.30. The Morgan fingerprint density at radius 1 is 1.30 bits per heavy atom. The molecular formula is C16H13N3O3S. The monoisotopic (exact) mass is 327 g/mol. The van der Waals surface area contributed by atoms with Crippen molar-refractivity contribution in [2.24, 2.45) is 0 Å². The third-order valence-electron chi connectivity index (χ3n) is 3.43. The fraction of sp³-hybridized carbons (Fsp3) is 0.125. The van der Waals surface area contributed by atoms with Gasteiger partial charge >= 0.3 is 0 Å². The highest BCUT2D eigenvalue weighted by atomic mass is 32.1. The Labute approximate surface area is 135 Å². The third kappa shape index (κ3) is 3.04. The van der Waals surface area contributed by atoms with Gasteiger partial charge in [-0.15, -0.1) is 11.3 Å². The number of ketones is 1. The first-order valence-corrected chi connectivity index (χ1v) is 7.74. The number of para-hydroxylation sites is 1. The number of carbonyl (C=O) groups excluding carboxylic acids is 1. The van der Waals surface area contributed by atoms with Crippen LogP contribution in [0.2, 0.25) is 0 Å². The van der Waals surface area contributed by atoms with E-state index in [1.165, 1.54) is 17.4 Å². The summed E-state index contributed by atoms with van der Waals surface area (Å²) in [6, 6.07) is 12.3. The lowest BCUT2D eigenvalue weighted by atomic mass is 10.1. The first-order chi connectivity index (χ1) is 11.1. The van der Waals surface area contributed by atoms with Crippen LogP contribution in [0.5, 0.6) is 0 Å². The number of anilines is 1. The molecule has 0 atom stereocenters. The molecule has 0 bridgehead atoms. The number of rotatable bonds is 5. The Kier molecular flexibility index (Phi) is 4.03. The minimum absolute atomic E-state index is 0.0397. The molecule has 0 saturated heterocycles. The molecule has 3 rings (SSSR count). The quantitative estimate of drug-likeness (QED) is 0.439. The van der Waals surface area contributed by atoms with Crippen molar-refractivity contribution in [3.05, 3.63) is 63.1 Å². The molecule has 0 amide bonds. The van der Waals surface area contributed by atoms with Crippen LogP contribution in [0, 0.1) is 10.1 Å². The molecule has 0 aliphatic rings. The van der Waals surface area contributed by atoms with Gasteiger partial charge in [-0.1, -0.05) is 18.2 Å². The molecule has 0 unspecified atom stereocenters. The zero-order valence-corrected chi connectivity index (χ0v) is 13.1. The molecule has 0 radical (unpaired) electrons. The molecular weight excluding hydrogens is 314 g/mol. The topological polar surface area (TPSA) is 85.1 Å². The molecule has 2 aromatic carbocycles. The number of nitrogens with one attached hydrogen (secondary N) is 1. The Morgan fingerprint density at radius 2 is 2.09 bits per heavy atom. The van der Waals surface area contributed by atoms with Crippen molar-refractivity contribution in [3.63, 3.8) is 0 Å². The minimum Gasteiger partial charge on any atom is -0.383 e. The molecule has 116 valence electrons. The number of Topliss-reactive ketones (excluding diaryl/α,β-unsaturated/α-hetero) is 1. The first-order valence-electron chi connectivity index (χ1n) is 6.92. The van der Waals surface area contributed by atoms with E-state index in [1.54, 1.807) is 19.2 Å². The van der Waals surface area contributed by atoms with Crippen LogP contribution in [-0.2, 0) is 6.42 Å². The molecule has 1 N–H and O–H groups in total. The number of hydrogen-bond acceptors (Lipinski definition) is 6. The summed E-state index contributed by atoms with van der Waals surface area (Å²) in [4.78, 5) is 27.3. The van der Waals surface area contributed by atoms with Gasteiger partial charge in [-0.3, -0.25) is 14.9 Å². The molecule has 23 heavy (non-hydrogen) atoms. The smallest absolute Gasteiger partial charge is 0.292 e. The fourth-order valence-corrected chi connectivity index (χ4v) is 3.21. The Hall–Kier alpha value is -2.80. The Bertz CT molecular complexity index is 871. The molecule has 0 fully saturated rings. The third-order valence-corrected chi connectivity index (χ3v) is 4.50. The van der Waals surface area contributed by atoms with Crippen molar-refractivity contribution in [1.29, 1.82) is 0 Å². The van der Waals surface area contributed by atoms with E-state index in [2.05, 4.69) is 10.3 Å². The Balaban J connectivity index is 1.87. The summed E-state index contributed by atoms with van der Waals surface area (Å²) in [5.41, 5.74) is 1.77. The van der Waals surface area contributed by atoms with Crippen LogP contribution in [0.3, 0.4) is 0 Å². The van der Waals surface area contributed by atoms with Crippen LogP contribution in [0.25, 0.3) is 10.2 Å². The summed E-state index contributed by atoms with van der Waals surface area (Å²) in [5.74, 6) is -0.141. The van der Waals surface area contributed by atoms with Crippen molar-refractivity contribution in [2.45, 2.75) is 6.42 Å². The second kappa shape index (κ2) is 6.13. The molecule has 0 saturated carbocycles. The molecule has 1 heterocycles. The highest BCUT2D eigenvalue weighted by Crippen LogP contribution is 2.27. The van der Waals surface area contributed by atoms with E-state index in [9.17, 15) is 14.9 Å². The highest BCUT2D eigenvalue weighted by molar-refractivity contribution is 7.20. The van der Waals surface area contributed by atoms with E-state index in [0.717, 1.165) is 10.2 Å². The van der Waals surface area contributed by atoms with Gasteiger partial charge in [0.1, 0.15) is 5.69 Å². The van der Waals surface area contributed by atoms with Crippen molar-refractivity contribution in [3.8, 4) is 0 Å². The van der Waals surface area contributed by atoms with Crippen LogP contribution in [0.15, 0.2) is 42.5 Å². The van der Waals surface area contributed by atoms with Gasteiger partial charge in [-0.05, 0) is 23.8 Å². The van der Waals surface area contributed by atoms with E-state index < -0.39 is 4.92 Å². The zero-order chi connectivity index (χ0) is 16.4. The summed E-state index contributed by atoms with van der Waals surface area (Å²) in [7, 11) is 1.62. The zero-order valence-electron chi connectivity index (χ0n) is 12.3. The van der Waals surface area contributed by atoms with Crippen LogP contribution in [0.4, 0.5) is 11.4 Å². The number of fused-ring (bicyclic) bond motifs is 1. The average Bonchev–Trinajstić information content (AvgIpc) is 2.99. The van der Waals surface area contributed by atoms with E-state index in [1.807, 2.05) is 24.3 Å². The highest BCUT2D eigenvalue weighted by Gasteiger charge is 2.17. The van der Waals surface area contributed by atoms with Gasteiger partial charge in [-0.2, -0.15) is 0 Å². The first kappa shape index (κ1) is 15.1. The van der Waals surface area contributed by atoms with E-state index in [-0.39, 0.29) is 17.9 Å². The average molecular weight is 327 g/mol. The molecule has 7 heteroatoms. The number of nitrogens with zero attached hydrogens (tertiary/aromatic N) is 2. The van der Waals surface area contributed by atoms with Crippen LogP contribution < -0.4 is 5.32 Å². The lowest BCUT2D eigenvalue weighted by molar-refractivity contribution is -0.384. The number of aromatic nitrogens is 1. The molecule has 0 aliphatic carbocycles. The molecule has 1 aromatic heterocycles. The van der Waals surface area contributed by atoms with Crippen molar-refractivity contribution < 1.29 is 9.72 Å². The molecule has 0 spiro atoms. The standard InChI is InChI=1S/C16H13N3O3S/c1-17-11-7-6-10(8-13(11)19(21)22)9-14(20)16-18-12-4-2-3-5-15(12)23-16/h2-8,17H,9H2,1H3. The van der Waals surface area contributed by atoms with Gasteiger partial charge in [0.05, 0.1) is 15.1 Å². The summed E-state index contributed by atoms with van der Waals surface area (Å²) in [6.07, 6.45) is 0.0880. The molecule has 3 aromatic rings. The second-order valence-electron chi connectivity index (χ2n) is 4.95. The summed E-state index contributed by atoms with van der Waals surface area (Å²) >= 11 is 1.34. The van der Waals surface area contributed by atoms with E-state index in [4.69, 9.17) is 0 Å². The van der Waals surface area contributed by atoms with Gasteiger partial charge in [0.15, 0.2) is 10.8 Å². The normalized spacial score (nSPS) is 10.7. The van der Waals surface area contributed by atoms with Gasteiger partial charge in [-0.25, -0.2) is 4.98 Å². The lowest BCUT2D eigenvalue weighted by Gasteiger charge is -2.04. The minimum atomic E-state index is -0.461. The maximum absolute atomic E-state index is 12.4. The number of benzene rings is 2. The van der Waals surface area contributed by atoms with Crippen LogP contribution in [0.1, 0.15) is 15.4 Å². The van der Waals surface area contributed by atoms with Gasteiger partial charge < -0.3 is 5.32 Å². The van der Waals surface area contributed by atoms with Gasteiger partial charge in [0.2, 0.25) is 0 Å².